The molecule has 0 bridgehead atoms. The van der Waals surface area contributed by atoms with Crippen LogP contribution in [-0.4, -0.2) is 10.2 Å². The molecule has 1 aromatic carbocycles. The molecule has 1 aromatic heterocycles. The first-order chi connectivity index (χ1) is 7.65. The number of hydrogen-bond acceptors (Lipinski definition) is 5. The van der Waals surface area contributed by atoms with Gasteiger partial charge < -0.3 is 5.73 Å². The zero-order valence-corrected chi connectivity index (χ0v) is 11.8. The highest BCUT2D eigenvalue weighted by Gasteiger charge is 2.04. The molecule has 0 radical (unpaired) electrons. The quantitative estimate of drug-likeness (QED) is 0.696. The molecular weight excluding hydrogens is 306 g/mol. The SMILES string of the molecule is Cc1nnc(SCc2ccc(Br)cc2N)s1. The second-order valence-electron chi connectivity index (χ2n) is 3.22. The molecule has 0 saturated carbocycles. The van der Waals surface area contributed by atoms with Crippen LogP contribution in [0.3, 0.4) is 0 Å². The van der Waals surface area contributed by atoms with Crippen molar-refractivity contribution in [2.75, 3.05) is 5.73 Å². The van der Waals surface area contributed by atoms with Crippen molar-refractivity contribution in [3.8, 4) is 0 Å². The van der Waals surface area contributed by atoms with Crippen LogP contribution in [0.15, 0.2) is 27.0 Å². The second kappa shape index (κ2) is 5.16. The number of thioether (sulfide) groups is 1. The highest BCUT2D eigenvalue weighted by atomic mass is 79.9. The minimum atomic E-state index is 0.808. The Morgan fingerprint density at radius 1 is 1.44 bits per heavy atom. The smallest absolute Gasteiger partial charge is 0.174 e. The Balaban J connectivity index is 2.04. The Labute approximate surface area is 111 Å². The van der Waals surface area contributed by atoms with Gasteiger partial charge in [-0.3, -0.25) is 0 Å². The second-order valence-corrected chi connectivity index (χ2v) is 6.54. The highest BCUT2D eigenvalue weighted by molar-refractivity contribution is 9.10. The molecule has 3 nitrogen and oxygen atoms in total. The molecule has 1 heterocycles. The zero-order valence-electron chi connectivity index (χ0n) is 8.61. The monoisotopic (exact) mass is 315 g/mol. The van der Waals surface area contributed by atoms with E-state index in [0.717, 1.165) is 30.8 Å². The molecule has 2 N–H and O–H groups in total. The van der Waals surface area contributed by atoms with E-state index in [0.29, 0.717) is 0 Å². The topological polar surface area (TPSA) is 51.8 Å². The maximum Gasteiger partial charge on any atom is 0.174 e. The van der Waals surface area contributed by atoms with Gasteiger partial charge in [-0.25, -0.2) is 0 Å². The van der Waals surface area contributed by atoms with Gasteiger partial charge in [0.25, 0.3) is 0 Å². The minimum absolute atomic E-state index is 0.808. The molecule has 0 aliphatic carbocycles. The Morgan fingerprint density at radius 3 is 2.88 bits per heavy atom. The molecule has 6 heteroatoms. The third-order valence-corrected chi connectivity index (χ3v) is 4.48. The Hall–Kier alpha value is -0.590. The predicted octanol–water partition coefficient (Wildman–Crippen LogP) is 3.48. The zero-order chi connectivity index (χ0) is 11.5. The first kappa shape index (κ1) is 11.9. The summed E-state index contributed by atoms with van der Waals surface area (Å²) in [4.78, 5) is 0. The van der Waals surface area contributed by atoms with Crippen molar-refractivity contribution in [3.63, 3.8) is 0 Å². The summed E-state index contributed by atoms with van der Waals surface area (Å²) < 4.78 is 1.99. The molecule has 2 aromatic rings. The summed E-state index contributed by atoms with van der Waals surface area (Å²) in [6, 6.07) is 5.94. The number of nitrogens with two attached hydrogens (primary N) is 1. The lowest BCUT2D eigenvalue weighted by Gasteiger charge is -2.03. The number of aryl methyl sites for hydroxylation is 1. The lowest BCUT2D eigenvalue weighted by atomic mass is 10.2. The van der Waals surface area contributed by atoms with Gasteiger partial charge in [0.1, 0.15) is 5.01 Å². The van der Waals surface area contributed by atoms with E-state index < -0.39 is 0 Å². The lowest BCUT2D eigenvalue weighted by Crippen LogP contribution is -1.92. The molecule has 0 amide bonds. The Bertz CT molecular complexity index is 499. The van der Waals surface area contributed by atoms with Gasteiger partial charge in [-0.1, -0.05) is 45.1 Å². The standard InChI is InChI=1S/C10H10BrN3S2/c1-6-13-14-10(16-6)15-5-7-2-3-8(11)4-9(7)12/h2-4H,5,12H2,1H3. The summed E-state index contributed by atoms with van der Waals surface area (Å²) in [5.41, 5.74) is 7.85. The molecule has 0 spiro atoms. The molecule has 0 aliphatic heterocycles. The number of nitrogens with zero attached hydrogens (tertiary/aromatic N) is 2. The highest BCUT2D eigenvalue weighted by Crippen LogP contribution is 2.28. The molecule has 0 saturated heterocycles. The van der Waals surface area contributed by atoms with Crippen molar-refractivity contribution >= 4 is 44.7 Å². The number of anilines is 1. The lowest BCUT2D eigenvalue weighted by molar-refractivity contribution is 0.983. The molecule has 0 aliphatic rings. The molecule has 84 valence electrons. The van der Waals surface area contributed by atoms with Gasteiger partial charge in [0.05, 0.1) is 0 Å². The van der Waals surface area contributed by atoms with Gasteiger partial charge in [0.15, 0.2) is 4.34 Å². The summed E-state index contributed by atoms with van der Waals surface area (Å²) in [7, 11) is 0. The average molecular weight is 316 g/mol. The fourth-order valence-electron chi connectivity index (χ4n) is 1.17. The van der Waals surface area contributed by atoms with Gasteiger partial charge in [0.2, 0.25) is 0 Å². The predicted molar refractivity (Wildman–Crippen MR) is 72.8 cm³/mol. The van der Waals surface area contributed by atoms with Gasteiger partial charge in [-0.15, -0.1) is 10.2 Å². The summed E-state index contributed by atoms with van der Waals surface area (Å²) >= 11 is 6.66. The first-order valence-corrected chi connectivity index (χ1v) is 7.21. The van der Waals surface area contributed by atoms with Crippen LogP contribution in [0.1, 0.15) is 10.6 Å². The van der Waals surface area contributed by atoms with Crippen LogP contribution in [0.2, 0.25) is 0 Å². The average Bonchev–Trinajstić information content (AvgIpc) is 2.63. The summed E-state index contributed by atoms with van der Waals surface area (Å²) in [6.07, 6.45) is 0. The van der Waals surface area contributed by atoms with Crippen molar-refractivity contribution in [1.82, 2.24) is 10.2 Å². The number of rotatable bonds is 3. The van der Waals surface area contributed by atoms with Crippen LogP contribution in [0, 0.1) is 6.92 Å². The van der Waals surface area contributed by atoms with E-state index in [1.165, 1.54) is 0 Å². The Kier molecular flexibility index (Phi) is 3.83. The summed E-state index contributed by atoms with van der Waals surface area (Å²) in [5, 5.41) is 9.03. The molecular formula is C10H10BrN3S2. The maximum atomic E-state index is 5.91. The number of halogens is 1. The van der Waals surface area contributed by atoms with E-state index in [2.05, 4.69) is 26.1 Å². The van der Waals surface area contributed by atoms with Crippen molar-refractivity contribution in [2.24, 2.45) is 0 Å². The fraction of sp³-hybridized carbons (Fsp3) is 0.200. The van der Waals surface area contributed by atoms with Crippen LogP contribution in [0.5, 0.6) is 0 Å². The molecule has 2 rings (SSSR count). The van der Waals surface area contributed by atoms with Gasteiger partial charge in [-0.2, -0.15) is 0 Å². The maximum absolute atomic E-state index is 5.91. The number of hydrogen-bond donors (Lipinski definition) is 1. The molecule has 16 heavy (non-hydrogen) atoms. The van der Waals surface area contributed by atoms with Crippen LogP contribution >= 0.6 is 39.0 Å². The summed E-state index contributed by atoms with van der Waals surface area (Å²) in [5.74, 6) is 0.827. The molecule has 0 unspecified atom stereocenters. The van der Waals surface area contributed by atoms with E-state index in [-0.39, 0.29) is 0 Å². The van der Waals surface area contributed by atoms with E-state index in [9.17, 15) is 0 Å². The largest absolute Gasteiger partial charge is 0.398 e. The molecule has 0 atom stereocenters. The van der Waals surface area contributed by atoms with Gasteiger partial charge in [-0.05, 0) is 24.6 Å². The van der Waals surface area contributed by atoms with Gasteiger partial charge in [0, 0.05) is 15.9 Å². The van der Waals surface area contributed by atoms with Crippen molar-refractivity contribution in [3.05, 3.63) is 33.2 Å². The van der Waals surface area contributed by atoms with E-state index in [1.54, 1.807) is 23.1 Å². The number of benzene rings is 1. The van der Waals surface area contributed by atoms with Crippen LogP contribution in [-0.2, 0) is 5.75 Å². The number of aromatic nitrogens is 2. The third-order valence-electron chi connectivity index (χ3n) is 1.97. The van der Waals surface area contributed by atoms with E-state index in [4.69, 9.17) is 5.73 Å². The van der Waals surface area contributed by atoms with E-state index in [1.807, 2.05) is 25.1 Å². The fourth-order valence-corrected chi connectivity index (χ4v) is 3.38. The van der Waals surface area contributed by atoms with E-state index >= 15 is 0 Å². The van der Waals surface area contributed by atoms with Crippen molar-refractivity contribution < 1.29 is 0 Å². The van der Waals surface area contributed by atoms with Crippen LogP contribution < -0.4 is 5.73 Å². The summed E-state index contributed by atoms with van der Waals surface area (Å²) in [6.45, 7) is 1.95. The van der Waals surface area contributed by atoms with Crippen LogP contribution in [0.4, 0.5) is 5.69 Å². The first-order valence-electron chi connectivity index (χ1n) is 4.62. The van der Waals surface area contributed by atoms with Crippen molar-refractivity contribution in [1.29, 1.82) is 0 Å². The normalized spacial score (nSPS) is 10.6. The van der Waals surface area contributed by atoms with Gasteiger partial charge >= 0.3 is 0 Å². The minimum Gasteiger partial charge on any atom is -0.398 e. The Morgan fingerprint density at radius 2 is 2.25 bits per heavy atom. The molecule has 0 fully saturated rings. The third kappa shape index (κ3) is 2.96. The number of nitrogen functional groups attached to an aromatic ring is 1. The van der Waals surface area contributed by atoms with Crippen LogP contribution in [0.25, 0.3) is 0 Å². The van der Waals surface area contributed by atoms with Crippen molar-refractivity contribution in [2.45, 2.75) is 17.0 Å².